The Bertz CT molecular complexity index is 595. The van der Waals surface area contributed by atoms with Crippen LogP contribution in [0.25, 0.3) is 11.3 Å². The van der Waals surface area contributed by atoms with Crippen molar-refractivity contribution in [1.29, 1.82) is 0 Å². The molecule has 4 nitrogen and oxygen atoms in total. The summed E-state index contributed by atoms with van der Waals surface area (Å²) in [5.74, 6) is 2.40. The molecule has 3 N–H and O–H groups in total. The summed E-state index contributed by atoms with van der Waals surface area (Å²) in [6.07, 6.45) is 0. The number of anilines is 1. The summed E-state index contributed by atoms with van der Waals surface area (Å²) in [5.41, 5.74) is 7.80. The summed E-state index contributed by atoms with van der Waals surface area (Å²) < 4.78 is 0. The smallest absolute Gasteiger partial charge is 0.251 e. The lowest BCUT2D eigenvalue weighted by atomic mass is 10.1. The third-order valence-electron chi connectivity index (χ3n) is 2.42. The molecule has 2 rings (SSSR count). The lowest BCUT2D eigenvalue weighted by Gasteiger charge is -2.04. The van der Waals surface area contributed by atoms with Gasteiger partial charge in [0.25, 0.3) is 5.56 Å². The number of thioether (sulfide) groups is 1. The van der Waals surface area contributed by atoms with E-state index < -0.39 is 0 Å². The maximum atomic E-state index is 11.6. The molecular weight excluding hydrogens is 246 g/mol. The van der Waals surface area contributed by atoms with Crippen LogP contribution in [0, 0.1) is 0 Å². The third kappa shape index (κ3) is 3.13. The van der Waals surface area contributed by atoms with E-state index in [4.69, 9.17) is 5.73 Å². The van der Waals surface area contributed by atoms with Gasteiger partial charge in [-0.1, -0.05) is 19.1 Å². The molecule has 2 aromatic rings. The number of rotatable bonds is 4. The Morgan fingerprint density at radius 2 is 2.22 bits per heavy atom. The first kappa shape index (κ1) is 12.7. The van der Waals surface area contributed by atoms with Crippen molar-refractivity contribution in [2.75, 3.05) is 11.5 Å². The first-order valence-electron chi connectivity index (χ1n) is 5.73. The van der Waals surface area contributed by atoms with Crippen molar-refractivity contribution in [3.63, 3.8) is 0 Å². The van der Waals surface area contributed by atoms with Gasteiger partial charge in [0.05, 0.1) is 11.4 Å². The van der Waals surface area contributed by atoms with Gasteiger partial charge < -0.3 is 10.7 Å². The molecule has 0 aliphatic heterocycles. The van der Waals surface area contributed by atoms with Crippen LogP contribution in [0.4, 0.5) is 5.69 Å². The predicted molar refractivity (Wildman–Crippen MR) is 76.5 cm³/mol. The molecule has 0 unspecified atom stereocenters. The second kappa shape index (κ2) is 5.73. The van der Waals surface area contributed by atoms with Gasteiger partial charge in [0.2, 0.25) is 0 Å². The summed E-state index contributed by atoms with van der Waals surface area (Å²) >= 11 is 1.72. The molecular formula is C13H15N3OS. The number of aromatic nitrogens is 2. The van der Waals surface area contributed by atoms with E-state index in [9.17, 15) is 4.79 Å². The lowest BCUT2D eigenvalue weighted by Crippen LogP contribution is -2.10. The summed E-state index contributed by atoms with van der Waals surface area (Å²) in [4.78, 5) is 18.8. The molecule has 0 fully saturated rings. The lowest BCUT2D eigenvalue weighted by molar-refractivity contribution is 1.01. The second-order valence-electron chi connectivity index (χ2n) is 3.84. The van der Waals surface area contributed by atoms with Gasteiger partial charge in [0.15, 0.2) is 0 Å². The standard InChI is InChI=1S/C13H15N3OS/c1-2-18-8-12-15-11(7-13(17)16-12)9-4-3-5-10(14)6-9/h3-7H,2,8,14H2,1H3,(H,15,16,17). The zero-order valence-electron chi connectivity index (χ0n) is 10.1. The van der Waals surface area contributed by atoms with Crippen molar-refractivity contribution >= 4 is 17.4 Å². The van der Waals surface area contributed by atoms with Crippen LogP contribution in [0.5, 0.6) is 0 Å². The molecule has 0 spiro atoms. The van der Waals surface area contributed by atoms with Crippen LogP contribution in [0.2, 0.25) is 0 Å². The molecule has 0 aliphatic carbocycles. The highest BCUT2D eigenvalue weighted by Crippen LogP contribution is 2.18. The Kier molecular flexibility index (Phi) is 4.04. The Morgan fingerprint density at radius 3 is 2.94 bits per heavy atom. The Balaban J connectivity index is 2.38. The summed E-state index contributed by atoms with van der Waals surface area (Å²) in [6, 6.07) is 8.88. The van der Waals surface area contributed by atoms with Crippen molar-refractivity contribution in [2.24, 2.45) is 0 Å². The highest BCUT2D eigenvalue weighted by molar-refractivity contribution is 7.98. The maximum Gasteiger partial charge on any atom is 0.251 e. The van der Waals surface area contributed by atoms with E-state index in [0.717, 1.165) is 11.3 Å². The normalized spacial score (nSPS) is 10.5. The van der Waals surface area contributed by atoms with Crippen molar-refractivity contribution < 1.29 is 0 Å². The third-order valence-corrected chi connectivity index (χ3v) is 3.30. The highest BCUT2D eigenvalue weighted by atomic mass is 32.2. The fourth-order valence-electron chi connectivity index (χ4n) is 1.62. The summed E-state index contributed by atoms with van der Waals surface area (Å²) in [6.45, 7) is 2.07. The Labute approximate surface area is 110 Å². The number of hydrogen-bond donors (Lipinski definition) is 2. The number of nitrogens with zero attached hydrogens (tertiary/aromatic N) is 1. The molecule has 1 aromatic heterocycles. The number of H-pyrrole nitrogens is 1. The highest BCUT2D eigenvalue weighted by Gasteiger charge is 2.04. The van der Waals surface area contributed by atoms with E-state index >= 15 is 0 Å². The van der Waals surface area contributed by atoms with Gasteiger partial charge >= 0.3 is 0 Å². The average molecular weight is 261 g/mol. The monoisotopic (exact) mass is 261 g/mol. The van der Waals surface area contributed by atoms with Gasteiger partial charge in [-0.25, -0.2) is 4.98 Å². The first-order chi connectivity index (χ1) is 8.69. The Hall–Kier alpha value is -1.75. The van der Waals surface area contributed by atoms with E-state index in [-0.39, 0.29) is 5.56 Å². The number of nitrogens with one attached hydrogen (secondary N) is 1. The van der Waals surface area contributed by atoms with Crippen LogP contribution >= 0.6 is 11.8 Å². The molecule has 0 saturated heterocycles. The van der Waals surface area contributed by atoms with Crippen LogP contribution in [-0.4, -0.2) is 15.7 Å². The van der Waals surface area contributed by atoms with Crippen LogP contribution < -0.4 is 11.3 Å². The molecule has 0 saturated carbocycles. The van der Waals surface area contributed by atoms with Crippen molar-refractivity contribution in [3.8, 4) is 11.3 Å². The van der Waals surface area contributed by atoms with Gasteiger partial charge in [-0.3, -0.25) is 4.79 Å². The average Bonchev–Trinajstić information content (AvgIpc) is 2.36. The molecule has 0 aliphatic rings. The van der Waals surface area contributed by atoms with E-state index in [1.165, 1.54) is 6.07 Å². The predicted octanol–water partition coefficient (Wildman–Crippen LogP) is 2.27. The molecule has 1 heterocycles. The van der Waals surface area contributed by atoms with Crippen LogP contribution in [0.1, 0.15) is 12.7 Å². The molecule has 18 heavy (non-hydrogen) atoms. The number of benzene rings is 1. The minimum atomic E-state index is -0.130. The van der Waals surface area contributed by atoms with Crippen molar-refractivity contribution in [3.05, 3.63) is 46.5 Å². The van der Waals surface area contributed by atoms with Gasteiger partial charge in [-0.15, -0.1) is 0 Å². The van der Waals surface area contributed by atoms with Crippen LogP contribution in [0.15, 0.2) is 35.1 Å². The number of nitrogen functional groups attached to an aromatic ring is 1. The number of nitrogens with two attached hydrogens (primary N) is 1. The number of aromatic amines is 1. The quantitative estimate of drug-likeness (QED) is 0.828. The van der Waals surface area contributed by atoms with Crippen LogP contribution in [-0.2, 0) is 5.75 Å². The fraction of sp³-hybridized carbons (Fsp3) is 0.231. The molecule has 0 bridgehead atoms. The second-order valence-corrected chi connectivity index (χ2v) is 5.11. The van der Waals surface area contributed by atoms with E-state index in [0.29, 0.717) is 23.0 Å². The summed E-state index contributed by atoms with van der Waals surface area (Å²) in [7, 11) is 0. The molecule has 94 valence electrons. The van der Waals surface area contributed by atoms with E-state index in [1.807, 2.05) is 24.3 Å². The van der Waals surface area contributed by atoms with Crippen LogP contribution in [0.3, 0.4) is 0 Å². The number of hydrogen-bond acceptors (Lipinski definition) is 4. The van der Waals surface area contributed by atoms with Gasteiger partial charge in [0, 0.05) is 17.3 Å². The molecule has 0 radical (unpaired) electrons. The minimum absolute atomic E-state index is 0.130. The molecule has 0 amide bonds. The van der Waals surface area contributed by atoms with Gasteiger partial charge in [0.1, 0.15) is 5.82 Å². The van der Waals surface area contributed by atoms with Gasteiger partial charge in [-0.05, 0) is 17.9 Å². The molecule has 1 aromatic carbocycles. The van der Waals surface area contributed by atoms with Crippen molar-refractivity contribution in [2.45, 2.75) is 12.7 Å². The molecule has 0 atom stereocenters. The van der Waals surface area contributed by atoms with E-state index in [2.05, 4.69) is 16.9 Å². The summed E-state index contributed by atoms with van der Waals surface area (Å²) in [5, 5.41) is 0. The first-order valence-corrected chi connectivity index (χ1v) is 6.88. The fourth-order valence-corrected chi connectivity index (χ4v) is 2.16. The minimum Gasteiger partial charge on any atom is -0.399 e. The largest absolute Gasteiger partial charge is 0.399 e. The molecule has 5 heteroatoms. The zero-order chi connectivity index (χ0) is 13.0. The van der Waals surface area contributed by atoms with E-state index in [1.54, 1.807) is 11.8 Å². The maximum absolute atomic E-state index is 11.6. The Morgan fingerprint density at radius 1 is 1.39 bits per heavy atom. The van der Waals surface area contributed by atoms with Crippen molar-refractivity contribution in [1.82, 2.24) is 9.97 Å². The van der Waals surface area contributed by atoms with Gasteiger partial charge in [-0.2, -0.15) is 11.8 Å². The SMILES string of the molecule is CCSCc1nc(-c2cccc(N)c2)cc(=O)[nH]1. The topological polar surface area (TPSA) is 71.8 Å². The zero-order valence-corrected chi connectivity index (χ0v) is 11.0.